The molecule has 20 heavy (non-hydrogen) atoms. The molecule has 1 aliphatic carbocycles. The SMILES string of the molecule is COC1(C)CC(N(C)C(=O)C(C)CS(C)(=O)=O)C1(C)C. The Labute approximate surface area is 122 Å². The van der Waals surface area contributed by atoms with E-state index in [0.29, 0.717) is 0 Å². The van der Waals surface area contributed by atoms with Crippen LogP contribution in [0.1, 0.15) is 34.1 Å². The number of sulfone groups is 1. The van der Waals surface area contributed by atoms with Crippen LogP contribution in [0.15, 0.2) is 0 Å². The maximum absolute atomic E-state index is 12.4. The zero-order valence-corrected chi connectivity index (χ0v) is 14.4. The van der Waals surface area contributed by atoms with Gasteiger partial charge in [-0.2, -0.15) is 0 Å². The molecule has 1 amide bonds. The van der Waals surface area contributed by atoms with E-state index in [1.165, 1.54) is 0 Å². The zero-order valence-electron chi connectivity index (χ0n) is 13.6. The van der Waals surface area contributed by atoms with Gasteiger partial charge in [-0.25, -0.2) is 8.42 Å². The topological polar surface area (TPSA) is 63.7 Å². The molecule has 0 aromatic heterocycles. The summed E-state index contributed by atoms with van der Waals surface area (Å²) in [6.45, 7) is 7.87. The molecule has 0 saturated heterocycles. The number of nitrogens with zero attached hydrogens (tertiary/aromatic N) is 1. The summed E-state index contributed by atoms with van der Waals surface area (Å²) in [4.78, 5) is 14.1. The first-order valence-electron chi connectivity index (χ1n) is 6.85. The number of hydrogen-bond acceptors (Lipinski definition) is 4. The Balaban J connectivity index is 2.78. The maximum Gasteiger partial charge on any atom is 0.226 e. The first kappa shape index (κ1) is 17.4. The van der Waals surface area contributed by atoms with Crippen molar-refractivity contribution in [2.75, 3.05) is 26.2 Å². The van der Waals surface area contributed by atoms with Crippen LogP contribution in [0.5, 0.6) is 0 Å². The molecule has 1 rings (SSSR count). The molecule has 1 saturated carbocycles. The molecule has 3 atom stereocenters. The quantitative estimate of drug-likeness (QED) is 0.768. The lowest BCUT2D eigenvalue weighted by Gasteiger charge is -2.61. The van der Waals surface area contributed by atoms with Gasteiger partial charge in [0.15, 0.2) is 0 Å². The highest BCUT2D eigenvalue weighted by molar-refractivity contribution is 7.90. The summed E-state index contributed by atoms with van der Waals surface area (Å²) >= 11 is 0. The second-order valence-corrected chi connectivity index (χ2v) is 9.00. The van der Waals surface area contributed by atoms with E-state index >= 15 is 0 Å². The maximum atomic E-state index is 12.4. The van der Waals surface area contributed by atoms with Crippen molar-refractivity contribution in [1.82, 2.24) is 4.90 Å². The molecule has 0 N–H and O–H groups in total. The molecule has 5 nitrogen and oxygen atoms in total. The molecule has 0 aromatic rings. The third-order valence-electron chi connectivity index (χ3n) is 5.02. The summed E-state index contributed by atoms with van der Waals surface area (Å²) in [5.41, 5.74) is -0.400. The molecule has 0 spiro atoms. The van der Waals surface area contributed by atoms with Gasteiger partial charge in [-0.05, 0) is 13.3 Å². The molecule has 1 fully saturated rings. The molecular weight excluding hydrogens is 278 g/mol. The normalized spacial score (nSPS) is 30.4. The molecule has 3 unspecified atom stereocenters. The summed E-state index contributed by atoms with van der Waals surface area (Å²) in [6, 6.07) is 0.0713. The van der Waals surface area contributed by atoms with E-state index in [9.17, 15) is 13.2 Å². The summed E-state index contributed by atoms with van der Waals surface area (Å²) in [7, 11) is 0.295. The van der Waals surface area contributed by atoms with Crippen LogP contribution in [-0.2, 0) is 19.4 Å². The van der Waals surface area contributed by atoms with Crippen molar-refractivity contribution in [1.29, 1.82) is 0 Å². The number of ether oxygens (including phenoxy) is 1. The predicted octanol–water partition coefficient (Wildman–Crippen LogP) is 1.33. The van der Waals surface area contributed by atoms with Gasteiger partial charge in [0.05, 0.1) is 11.4 Å². The van der Waals surface area contributed by atoms with Gasteiger partial charge in [0.25, 0.3) is 0 Å². The van der Waals surface area contributed by atoms with Crippen molar-refractivity contribution in [3.05, 3.63) is 0 Å². The molecule has 1 aliphatic rings. The van der Waals surface area contributed by atoms with Crippen LogP contribution in [0.25, 0.3) is 0 Å². The Kier molecular flexibility index (Phi) is 4.62. The monoisotopic (exact) mass is 305 g/mol. The van der Waals surface area contributed by atoms with Crippen LogP contribution in [0.4, 0.5) is 0 Å². The van der Waals surface area contributed by atoms with Gasteiger partial charge in [-0.3, -0.25) is 4.79 Å². The van der Waals surface area contributed by atoms with Gasteiger partial charge in [0, 0.05) is 37.8 Å². The van der Waals surface area contributed by atoms with Crippen molar-refractivity contribution >= 4 is 15.7 Å². The first-order chi connectivity index (χ1) is 8.85. The number of hydrogen-bond donors (Lipinski definition) is 0. The Morgan fingerprint density at radius 1 is 1.40 bits per heavy atom. The summed E-state index contributed by atoms with van der Waals surface area (Å²) in [6.07, 6.45) is 1.93. The fourth-order valence-corrected chi connectivity index (χ4v) is 4.15. The van der Waals surface area contributed by atoms with Crippen LogP contribution in [0, 0.1) is 11.3 Å². The van der Waals surface area contributed by atoms with Crippen LogP contribution in [0.3, 0.4) is 0 Å². The minimum Gasteiger partial charge on any atom is -0.378 e. The summed E-state index contributed by atoms with van der Waals surface area (Å²) in [5, 5.41) is 0. The van der Waals surface area contributed by atoms with Crippen molar-refractivity contribution in [2.45, 2.75) is 45.8 Å². The van der Waals surface area contributed by atoms with Gasteiger partial charge in [-0.1, -0.05) is 20.8 Å². The van der Waals surface area contributed by atoms with E-state index in [1.54, 1.807) is 26.0 Å². The van der Waals surface area contributed by atoms with Crippen molar-refractivity contribution in [3.63, 3.8) is 0 Å². The summed E-state index contributed by atoms with van der Waals surface area (Å²) in [5.74, 6) is -0.739. The summed E-state index contributed by atoms with van der Waals surface area (Å²) < 4.78 is 28.2. The molecule has 6 heteroatoms. The molecule has 0 radical (unpaired) electrons. The van der Waals surface area contributed by atoms with Gasteiger partial charge in [-0.15, -0.1) is 0 Å². The fourth-order valence-electron chi connectivity index (χ4n) is 3.10. The van der Waals surface area contributed by atoms with Gasteiger partial charge in [0.1, 0.15) is 9.84 Å². The van der Waals surface area contributed by atoms with Crippen LogP contribution < -0.4 is 0 Å². The first-order valence-corrected chi connectivity index (χ1v) is 8.91. The Hall–Kier alpha value is -0.620. The van der Waals surface area contributed by atoms with Crippen molar-refractivity contribution in [3.8, 4) is 0 Å². The lowest BCUT2D eigenvalue weighted by atomic mass is 9.55. The molecule has 0 aromatic carbocycles. The minimum atomic E-state index is -3.14. The average Bonchev–Trinajstić information content (AvgIpc) is 2.31. The van der Waals surface area contributed by atoms with Gasteiger partial charge < -0.3 is 9.64 Å². The van der Waals surface area contributed by atoms with E-state index in [2.05, 4.69) is 13.8 Å². The Morgan fingerprint density at radius 2 is 1.90 bits per heavy atom. The molecule has 0 heterocycles. The van der Waals surface area contributed by atoms with Crippen LogP contribution >= 0.6 is 0 Å². The second-order valence-electron chi connectivity index (χ2n) is 6.82. The highest BCUT2D eigenvalue weighted by Gasteiger charge is 2.59. The second kappa shape index (κ2) is 5.30. The molecule has 118 valence electrons. The number of amides is 1. The lowest BCUT2D eigenvalue weighted by Crippen LogP contribution is -2.69. The van der Waals surface area contributed by atoms with Gasteiger partial charge >= 0.3 is 0 Å². The fraction of sp³-hybridized carbons (Fsp3) is 0.929. The number of rotatable bonds is 5. The highest BCUT2D eigenvalue weighted by Crippen LogP contribution is 2.53. The van der Waals surface area contributed by atoms with E-state index < -0.39 is 15.8 Å². The third-order valence-corrected chi connectivity index (χ3v) is 6.12. The van der Waals surface area contributed by atoms with Gasteiger partial charge in [0.2, 0.25) is 5.91 Å². The van der Waals surface area contributed by atoms with Crippen molar-refractivity contribution in [2.24, 2.45) is 11.3 Å². The number of carbonyl (C=O) groups excluding carboxylic acids is 1. The smallest absolute Gasteiger partial charge is 0.226 e. The highest BCUT2D eigenvalue weighted by atomic mass is 32.2. The average molecular weight is 305 g/mol. The minimum absolute atomic E-state index is 0.0713. The van der Waals surface area contributed by atoms with E-state index in [-0.39, 0.29) is 28.7 Å². The lowest BCUT2D eigenvalue weighted by molar-refractivity contribution is -0.208. The van der Waals surface area contributed by atoms with E-state index in [1.807, 2.05) is 6.92 Å². The Morgan fingerprint density at radius 3 is 2.25 bits per heavy atom. The zero-order chi connectivity index (χ0) is 15.9. The molecule has 0 bridgehead atoms. The number of carbonyl (C=O) groups is 1. The van der Waals surface area contributed by atoms with Crippen LogP contribution in [-0.4, -0.2) is 57.0 Å². The predicted molar refractivity (Wildman–Crippen MR) is 79.2 cm³/mol. The number of methoxy groups -OCH3 is 1. The molecule has 0 aliphatic heterocycles. The van der Waals surface area contributed by atoms with E-state index in [4.69, 9.17) is 4.74 Å². The van der Waals surface area contributed by atoms with E-state index in [0.717, 1.165) is 12.7 Å². The van der Waals surface area contributed by atoms with Crippen LogP contribution in [0.2, 0.25) is 0 Å². The standard InChI is InChI=1S/C14H27NO4S/c1-10(9-20(7,17)18)12(16)15(5)11-8-14(4,19-6)13(11,2)3/h10-11H,8-9H2,1-7H3. The van der Waals surface area contributed by atoms with Crippen molar-refractivity contribution < 1.29 is 17.9 Å². The largest absolute Gasteiger partial charge is 0.378 e. The molecular formula is C14H27NO4S. The third kappa shape index (κ3) is 3.01. The Bertz CT molecular complexity index is 485.